The number of rotatable bonds is 4. The standard InChI is InChI=1S/C16H22N2O/c1-12(14-8-4-6-10-16(14)19-2)18-15-9-5-3-7-13(15)11-17/h4,6,8,10,12-13,15,18H,3,5,7,9H2,1-2H3/t12-,13?,15?/m1/s1. The van der Waals surface area contributed by atoms with Crippen LogP contribution in [0.2, 0.25) is 0 Å². The van der Waals surface area contributed by atoms with Crippen molar-refractivity contribution in [1.29, 1.82) is 5.26 Å². The van der Waals surface area contributed by atoms with E-state index in [-0.39, 0.29) is 12.0 Å². The molecule has 0 saturated heterocycles. The number of nitrogens with zero attached hydrogens (tertiary/aromatic N) is 1. The molecule has 1 fully saturated rings. The van der Waals surface area contributed by atoms with Crippen LogP contribution in [-0.4, -0.2) is 13.2 Å². The average Bonchev–Trinajstić information content (AvgIpc) is 2.47. The van der Waals surface area contributed by atoms with Gasteiger partial charge in [0.25, 0.3) is 0 Å². The van der Waals surface area contributed by atoms with Gasteiger partial charge in [0, 0.05) is 17.6 Å². The molecule has 0 amide bonds. The molecule has 0 spiro atoms. The van der Waals surface area contributed by atoms with Crippen LogP contribution < -0.4 is 10.1 Å². The van der Waals surface area contributed by atoms with E-state index in [9.17, 15) is 5.26 Å². The molecule has 102 valence electrons. The molecule has 3 nitrogen and oxygen atoms in total. The second-order valence-corrected chi connectivity index (χ2v) is 5.26. The molecule has 0 aromatic heterocycles. The zero-order chi connectivity index (χ0) is 13.7. The van der Waals surface area contributed by atoms with E-state index in [1.165, 1.54) is 12.8 Å². The molecule has 3 atom stereocenters. The molecule has 2 unspecified atom stereocenters. The number of ether oxygens (including phenoxy) is 1. The van der Waals surface area contributed by atoms with E-state index in [1.54, 1.807) is 7.11 Å². The van der Waals surface area contributed by atoms with Crippen LogP contribution in [0.15, 0.2) is 24.3 Å². The van der Waals surface area contributed by atoms with Gasteiger partial charge in [0.1, 0.15) is 5.75 Å². The summed E-state index contributed by atoms with van der Waals surface area (Å²) in [6, 6.07) is 11.0. The van der Waals surface area contributed by atoms with Crippen molar-refractivity contribution in [3.05, 3.63) is 29.8 Å². The highest BCUT2D eigenvalue weighted by atomic mass is 16.5. The van der Waals surface area contributed by atoms with Gasteiger partial charge in [0.2, 0.25) is 0 Å². The maximum Gasteiger partial charge on any atom is 0.123 e. The number of hydrogen-bond acceptors (Lipinski definition) is 3. The maximum absolute atomic E-state index is 9.23. The fourth-order valence-electron chi connectivity index (χ4n) is 2.92. The Balaban J connectivity index is 2.07. The van der Waals surface area contributed by atoms with Crippen molar-refractivity contribution in [2.75, 3.05) is 7.11 Å². The lowest BCUT2D eigenvalue weighted by molar-refractivity contribution is 0.289. The molecule has 0 heterocycles. The van der Waals surface area contributed by atoms with Crippen LogP contribution in [0, 0.1) is 17.2 Å². The molecular weight excluding hydrogens is 236 g/mol. The van der Waals surface area contributed by atoms with Gasteiger partial charge >= 0.3 is 0 Å². The molecule has 0 aliphatic heterocycles. The first kappa shape index (κ1) is 13.9. The van der Waals surface area contributed by atoms with E-state index in [0.717, 1.165) is 24.2 Å². The minimum Gasteiger partial charge on any atom is -0.496 e. The van der Waals surface area contributed by atoms with Crippen molar-refractivity contribution in [3.8, 4) is 11.8 Å². The zero-order valence-electron chi connectivity index (χ0n) is 11.7. The van der Waals surface area contributed by atoms with Crippen LogP contribution in [0.4, 0.5) is 0 Å². The van der Waals surface area contributed by atoms with Gasteiger partial charge in [-0.15, -0.1) is 0 Å². The third-order valence-corrected chi connectivity index (χ3v) is 4.00. The topological polar surface area (TPSA) is 45.0 Å². The number of nitrogens with one attached hydrogen (secondary N) is 1. The van der Waals surface area contributed by atoms with Gasteiger partial charge in [-0.2, -0.15) is 5.26 Å². The Morgan fingerprint density at radius 3 is 2.79 bits per heavy atom. The summed E-state index contributed by atoms with van der Waals surface area (Å²) >= 11 is 0. The molecule has 0 bridgehead atoms. The van der Waals surface area contributed by atoms with Gasteiger partial charge in [-0.3, -0.25) is 0 Å². The molecule has 1 N–H and O–H groups in total. The molecule has 1 saturated carbocycles. The quantitative estimate of drug-likeness (QED) is 0.900. The highest BCUT2D eigenvalue weighted by Crippen LogP contribution is 2.29. The van der Waals surface area contributed by atoms with Crippen molar-refractivity contribution >= 4 is 0 Å². The van der Waals surface area contributed by atoms with Gasteiger partial charge in [-0.25, -0.2) is 0 Å². The fourth-order valence-corrected chi connectivity index (χ4v) is 2.92. The largest absolute Gasteiger partial charge is 0.496 e. The molecule has 1 aliphatic rings. The van der Waals surface area contributed by atoms with Crippen LogP contribution in [0.25, 0.3) is 0 Å². The first-order valence-electron chi connectivity index (χ1n) is 7.05. The summed E-state index contributed by atoms with van der Waals surface area (Å²) in [6.07, 6.45) is 4.51. The highest BCUT2D eigenvalue weighted by molar-refractivity contribution is 5.35. The van der Waals surface area contributed by atoms with Gasteiger partial charge in [0.05, 0.1) is 19.1 Å². The second kappa shape index (κ2) is 6.58. The summed E-state index contributed by atoms with van der Waals surface area (Å²) < 4.78 is 5.40. The number of nitriles is 1. The summed E-state index contributed by atoms with van der Waals surface area (Å²) in [6.45, 7) is 2.14. The Morgan fingerprint density at radius 2 is 2.05 bits per heavy atom. The van der Waals surface area contributed by atoms with Crippen LogP contribution >= 0.6 is 0 Å². The first-order chi connectivity index (χ1) is 9.26. The Kier molecular flexibility index (Phi) is 4.81. The molecular formula is C16H22N2O. The number of para-hydroxylation sites is 1. The summed E-state index contributed by atoms with van der Waals surface area (Å²) in [5.41, 5.74) is 1.16. The summed E-state index contributed by atoms with van der Waals surface area (Å²) in [5, 5.41) is 12.8. The van der Waals surface area contributed by atoms with Gasteiger partial charge in [-0.05, 0) is 25.8 Å². The van der Waals surface area contributed by atoms with Crippen molar-refractivity contribution in [2.45, 2.75) is 44.7 Å². The Labute approximate surface area is 115 Å². The molecule has 19 heavy (non-hydrogen) atoms. The summed E-state index contributed by atoms with van der Waals surface area (Å²) in [4.78, 5) is 0. The number of hydrogen-bond donors (Lipinski definition) is 1. The molecule has 2 rings (SSSR count). The fraction of sp³-hybridized carbons (Fsp3) is 0.562. The summed E-state index contributed by atoms with van der Waals surface area (Å²) in [7, 11) is 1.70. The van der Waals surface area contributed by atoms with Crippen LogP contribution in [0.1, 0.15) is 44.2 Å². The molecule has 1 aromatic carbocycles. The van der Waals surface area contributed by atoms with Crippen molar-refractivity contribution in [1.82, 2.24) is 5.32 Å². The second-order valence-electron chi connectivity index (χ2n) is 5.26. The third-order valence-electron chi connectivity index (χ3n) is 4.00. The van der Waals surface area contributed by atoms with Crippen molar-refractivity contribution < 1.29 is 4.74 Å². The minimum atomic E-state index is 0.144. The van der Waals surface area contributed by atoms with Gasteiger partial charge in [-0.1, -0.05) is 31.0 Å². The van der Waals surface area contributed by atoms with E-state index in [1.807, 2.05) is 18.2 Å². The lowest BCUT2D eigenvalue weighted by Crippen LogP contribution is -2.39. The van der Waals surface area contributed by atoms with E-state index < -0.39 is 0 Å². The number of methoxy groups -OCH3 is 1. The van der Waals surface area contributed by atoms with E-state index >= 15 is 0 Å². The van der Waals surface area contributed by atoms with Crippen LogP contribution in [0.5, 0.6) is 5.75 Å². The number of benzene rings is 1. The lowest BCUT2D eigenvalue weighted by Gasteiger charge is -2.31. The normalized spacial score (nSPS) is 24.5. The first-order valence-corrected chi connectivity index (χ1v) is 7.05. The van der Waals surface area contributed by atoms with E-state index in [4.69, 9.17) is 4.74 Å². The zero-order valence-corrected chi connectivity index (χ0v) is 11.7. The highest BCUT2D eigenvalue weighted by Gasteiger charge is 2.26. The average molecular weight is 258 g/mol. The minimum absolute atomic E-state index is 0.144. The Bertz CT molecular complexity index is 452. The van der Waals surface area contributed by atoms with E-state index in [0.29, 0.717) is 6.04 Å². The monoisotopic (exact) mass is 258 g/mol. The van der Waals surface area contributed by atoms with Gasteiger partial charge < -0.3 is 10.1 Å². The summed E-state index contributed by atoms with van der Waals surface area (Å²) in [5.74, 6) is 1.05. The SMILES string of the molecule is COc1ccccc1[C@@H](C)NC1CCCCC1C#N. The van der Waals surface area contributed by atoms with Crippen LogP contribution in [0.3, 0.4) is 0 Å². The Hall–Kier alpha value is -1.53. The van der Waals surface area contributed by atoms with Crippen molar-refractivity contribution in [3.63, 3.8) is 0 Å². The predicted octanol–water partition coefficient (Wildman–Crippen LogP) is 3.43. The molecule has 1 aliphatic carbocycles. The Morgan fingerprint density at radius 1 is 1.32 bits per heavy atom. The molecule has 0 radical (unpaired) electrons. The molecule has 1 aromatic rings. The molecule has 3 heteroatoms. The smallest absolute Gasteiger partial charge is 0.123 e. The van der Waals surface area contributed by atoms with E-state index in [2.05, 4.69) is 24.4 Å². The van der Waals surface area contributed by atoms with Crippen molar-refractivity contribution in [2.24, 2.45) is 5.92 Å². The third kappa shape index (κ3) is 3.27. The van der Waals surface area contributed by atoms with Crippen LogP contribution in [-0.2, 0) is 0 Å². The van der Waals surface area contributed by atoms with Gasteiger partial charge in [0.15, 0.2) is 0 Å². The maximum atomic E-state index is 9.23. The lowest BCUT2D eigenvalue weighted by atomic mass is 9.85. The predicted molar refractivity (Wildman–Crippen MR) is 75.9 cm³/mol.